The Kier molecular flexibility index (Phi) is 3.89. The molecule has 0 bridgehead atoms. The van der Waals surface area contributed by atoms with E-state index < -0.39 is 0 Å². The van der Waals surface area contributed by atoms with Gasteiger partial charge in [-0.25, -0.2) is 0 Å². The maximum absolute atomic E-state index is 2.46. The molecule has 0 nitrogen and oxygen atoms in total. The van der Waals surface area contributed by atoms with Gasteiger partial charge in [0.2, 0.25) is 0 Å². The zero-order valence-electron chi connectivity index (χ0n) is 9.80. The van der Waals surface area contributed by atoms with Crippen LogP contribution < -0.4 is 0 Å². The molecule has 82 valence electrons. The minimum Gasteiger partial charge on any atom is -0.0625 e. The minimum absolute atomic E-state index is 1.03. The van der Waals surface area contributed by atoms with Gasteiger partial charge in [0.1, 0.15) is 0 Å². The molecule has 0 radical (unpaired) electrons. The van der Waals surface area contributed by atoms with Gasteiger partial charge >= 0.3 is 0 Å². The van der Waals surface area contributed by atoms with E-state index in [-0.39, 0.29) is 0 Å². The first-order valence-electron chi connectivity index (χ1n) is 6.86. The molecule has 14 heavy (non-hydrogen) atoms. The average Bonchev–Trinajstić information content (AvgIpc) is 2.29. The fraction of sp³-hybridized carbons (Fsp3) is 1.00. The molecule has 0 saturated heterocycles. The van der Waals surface area contributed by atoms with Crippen molar-refractivity contribution in [2.24, 2.45) is 17.8 Å². The summed E-state index contributed by atoms with van der Waals surface area (Å²) in [5.74, 6) is 3.25. The van der Waals surface area contributed by atoms with Crippen molar-refractivity contribution in [3.63, 3.8) is 0 Å². The van der Waals surface area contributed by atoms with Gasteiger partial charge in [0.25, 0.3) is 0 Å². The summed E-state index contributed by atoms with van der Waals surface area (Å²) in [4.78, 5) is 0. The van der Waals surface area contributed by atoms with E-state index in [9.17, 15) is 0 Å². The molecule has 2 fully saturated rings. The maximum Gasteiger partial charge on any atom is -0.0383 e. The Morgan fingerprint density at radius 3 is 2.07 bits per heavy atom. The molecule has 2 saturated carbocycles. The van der Waals surface area contributed by atoms with Crippen LogP contribution >= 0.6 is 0 Å². The highest BCUT2D eigenvalue weighted by Gasteiger charge is 2.28. The summed E-state index contributed by atoms with van der Waals surface area (Å²) in [5.41, 5.74) is 0. The topological polar surface area (TPSA) is 0 Å². The van der Waals surface area contributed by atoms with E-state index in [2.05, 4.69) is 6.92 Å². The Morgan fingerprint density at radius 2 is 1.29 bits per heavy atom. The quantitative estimate of drug-likeness (QED) is 0.520. The first-order valence-corrected chi connectivity index (χ1v) is 6.86. The van der Waals surface area contributed by atoms with Gasteiger partial charge in [0.05, 0.1) is 0 Å². The van der Waals surface area contributed by atoms with Gasteiger partial charge in [0.15, 0.2) is 0 Å². The standard InChI is InChI=1S/C14H26/c1-12-9-10-13-7-5-3-2-4-6-8-14(13)11-12/h12-14H,2-11H2,1H3. The number of hydrogen-bond acceptors (Lipinski definition) is 0. The largest absolute Gasteiger partial charge is 0.0625 e. The van der Waals surface area contributed by atoms with Gasteiger partial charge in [-0.05, 0) is 30.6 Å². The fourth-order valence-corrected chi connectivity index (χ4v) is 3.64. The van der Waals surface area contributed by atoms with Crippen LogP contribution in [0.1, 0.15) is 71.1 Å². The van der Waals surface area contributed by atoms with Crippen molar-refractivity contribution >= 4 is 0 Å². The molecule has 0 heterocycles. The maximum atomic E-state index is 2.46. The summed E-state index contributed by atoms with van der Waals surface area (Å²) in [5, 5.41) is 0. The third-order valence-corrected chi connectivity index (χ3v) is 4.55. The number of rotatable bonds is 0. The fourth-order valence-electron chi connectivity index (χ4n) is 3.64. The van der Waals surface area contributed by atoms with Crippen LogP contribution in [0, 0.1) is 17.8 Å². The molecule has 0 aromatic rings. The van der Waals surface area contributed by atoms with E-state index >= 15 is 0 Å². The van der Waals surface area contributed by atoms with Crippen molar-refractivity contribution in [3.05, 3.63) is 0 Å². The summed E-state index contributed by atoms with van der Waals surface area (Å²) >= 11 is 0. The molecule has 2 aliphatic carbocycles. The summed E-state index contributed by atoms with van der Waals surface area (Å²) in [7, 11) is 0. The first-order chi connectivity index (χ1) is 6.86. The molecule has 3 atom stereocenters. The van der Waals surface area contributed by atoms with Crippen LogP contribution in [0.25, 0.3) is 0 Å². The first kappa shape index (κ1) is 10.5. The lowest BCUT2D eigenvalue weighted by atomic mass is 9.71. The van der Waals surface area contributed by atoms with E-state index in [1.165, 1.54) is 38.5 Å². The highest BCUT2D eigenvalue weighted by atomic mass is 14.3. The van der Waals surface area contributed by atoms with Gasteiger partial charge in [-0.1, -0.05) is 58.3 Å². The van der Waals surface area contributed by atoms with E-state index in [0.29, 0.717) is 0 Å². The van der Waals surface area contributed by atoms with Crippen LogP contribution in [0.15, 0.2) is 0 Å². The third kappa shape index (κ3) is 2.74. The molecule has 0 spiro atoms. The monoisotopic (exact) mass is 194 g/mol. The SMILES string of the molecule is CC1CCC2CCCCCCCC2C1. The molecule has 0 heteroatoms. The van der Waals surface area contributed by atoms with E-state index in [1.807, 2.05) is 0 Å². The van der Waals surface area contributed by atoms with Crippen molar-refractivity contribution in [3.8, 4) is 0 Å². The van der Waals surface area contributed by atoms with Crippen LogP contribution in [0.2, 0.25) is 0 Å². The van der Waals surface area contributed by atoms with E-state index in [0.717, 1.165) is 17.8 Å². The Morgan fingerprint density at radius 1 is 0.643 bits per heavy atom. The van der Waals surface area contributed by atoms with Crippen LogP contribution in [0.3, 0.4) is 0 Å². The molecule has 0 N–H and O–H groups in total. The molecular formula is C14H26. The second-order valence-corrected chi connectivity index (χ2v) is 5.78. The van der Waals surface area contributed by atoms with E-state index in [4.69, 9.17) is 0 Å². The van der Waals surface area contributed by atoms with Crippen molar-refractivity contribution in [2.45, 2.75) is 71.1 Å². The van der Waals surface area contributed by atoms with Gasteiger partial charge < -0.3 is 0 Å². The van der Waals surface area contributed by atoms with Crippen molar-refractivity contribution < 1.29 is 0 Å². The number of hydrogen-bond donors (Lipinski definition) is 0. The second kappa shape index (κ2) is 5.19. The lowest BCUT2D eigenvalue weighted by molar-refractivity contribution is 0.167. The van der Waals surface area contributed by atoms with E-state index in [1.54, 1.807) is 25.7 Å². The zero-order chi connectivity index (χ0) is 9.80. The molecule has 0 aromatic heterocycles. The van der Waals surface area contributed by atoms with Gasteiger partial charge in [-0.15, -0.1) is 0 Å². The predicted molar refractivity (Wildman–Crippen MR) is 62.3 cm³/mol. The second-order valence-electron chi connectivity index (χ2n) is 5.78. The van der Waals surface area contributed by atoms with Crippen LogP contribution in [0.4, 0.5) is 0 Å². The van der Waals surface area contributed by atoms with Crippen molar-refractivity contribution in [1.82, 2.24) is 0 Å². The van der Waals surface area contributed by atoms with Crippen LogP contribution in [-0.4, -0.2) is 0 Å². The zero-order valence-corrected chi connectivity index (χ0v) is 9.80. The molecule has 0 aliphatic heterocycles. The average molecular weight is 194 g/mol. The summed E-state index contributed by atoms with van der Waals surface area (Å²) in [6.45, 7) is 2.46. The number of fused-ring (bicyclic) bond motifs is 1. The smallest absolute Gasteiger partial charge is 0.0383 e. The Labute approximate surface area is 89.5 Å². The lowest BCUT2D eigenvalue weighted by Crippen LogP contribution is -2.23. The lowest BCUT2D eigenvalue weighted by Gasteiger charge is -2.34. The van der Waals surface area contributed by atoms with Crippen LogP contribution in [0.5, 0.6) is 0 Å². The van der Waals surface area contributed by atoms with Crippen molar-refractivity contribution in [1.29, 1.82) is 0 Å². The highest BCUT2D eigenvalue weighted by Crippen LogP contribution is 2.40. The highest BCUT2D eigenvalue weighted by molar-refractivity contribution is 4.79. The van der Waals surface area contributed by atoms with Gasteiger partial charge in [-0.3, -0.25) is 0 Å². The predicted octanol–water partition coefficient (Wildman–Crippen LogP) is 4.78. The minimum atomic E-state index is 1.03. The Balaban J connectivity index is 1.90. The van der Waals surface area contributed by atoms with Crippen molar-refractivity contribution in [2.75, 3.05) is 0 Å². The summed E-state index contributed by atoms with van der Waals surface area (Å²) in [6, 6.07) is 0. The van der Waals surface area contributed by atoms with Gasteiger partial charge in [-0.2, -0.15) is 0 Å². The van der Waals surface area contributed by atoms with Crippen LogP contribution in [-0.2, 0) is 0 Å². The Bertz CT molecular complexity index is 161. The summed E-state index contributed by atoms with van der Waals surface area (Å²) < 4.78 is 0. The molecule has 2 rings (SSSR count). The third-order valence-electron chi connectivity index (χ3n) is 4.55. The molecule has 0 aromatic carbocycles. The molecule has 2 aliphatic rings. The molecule has 3 unspecified atom stereocenters. The normalized spacial score (nSPS) is 40.5. The van der Waals surface area contributed by atoms with Gasteiger partial charge in [0, 0.05) is 0 Å². The Hall–Kier alpha value is 0. The molecule has 0 amide bonds. The summed E-state index contributed by atoms with van der Waals surface area (Å²) in [6.07, 6.45) is 15.3. The molecular weight excluding hydrogens is 168 g/mol.